The Morgan fingerprint density at radius 2 is 1.97 bits per heavy atom. The van der Waals surface area contributed by atoms with Crippen molar-refractivity contribution in [1.29, 1.82) is 0 Å². The van der Waals surface area contributed by atoms with Crippen LogP contribution in [-0.2, 0) is 21.4 Å². The largest absolute Gasteiger partial charge is 0.496 e. The van der Waals surface area contributed by atoms with Gasteiger partial charge in [-0.25, -0.2) is 8.42 Å². The zero-order chi connectivity index (χ0) is 22.8. The number of halogens is 1. The molecule has 0 unspecified atom stereocenters. The van der Waals surface area contributed by atoms with Gasteiger partial charge in [0.15, 0.2) is 0 Å². The monoisotopic (exact) mass is 463 g/mol. The third-order valence-corrected chi connectivity index (χ3v) is 7.03. The van der Waals surface area contributed by atoms with E-state index in [1.165, 1.54) is 6.07 Å². The second kappa shape index (κ2) is 9.28. The average molecular weight is 464 g/mol. The minimum atomic E-state index is -3.68. The number of amides is 1. The van der Waals surface area contributed by atoms with E-state index in [9.17, 15) is 13.2 Å². The van der Waals surface area contributed by atoms with Crippen LogP contribution in [0.1, 0.15) is 31.4 Å². The summed E-state index contributed by atoms with van der Waals surface area (Å²) < 4.78 is 32.7. The molecule has 1 amide bonds. The summed E-state index contributed by atoms with van der Waals surface area (Å²) in [6.07, 6.45) is 0.704. The van der Waals surface area contributed by atoms with Gasteiger partial charge in [-0.05, 0) is 36.2 Å². The maximum atomic E-state index is 13.4. The number of nitrogens with zero attached hydrogens (tertiary/aromatic N) is 2. The summed E-state index contributed by atoms with van der Waals surface area (Å²) in [5.41, 5.74) is 1.25. The number of fused-ring (bicyclic) bond motifs is 1. The van der Waals surface area contributed by atoms with Crippen LogP contribution in [0.2, 0.25) is 5.02 Å². The molecular weight excluding hydrogens is 438 g/mol. The van der Waals surface area contributed by atoms with Gasteiger partial charge in [0.2, 0.25) is 5.91 Å². The van der Waals surface area contributed by atoms with E-state index in [0.29, 0.717) is 22.8 Å². The molecule has 31 heavy (non-hydrogen) atoms. The van der Waals surface area contributed by atoms with E-state index in [-0.39, 0.29) is 29.1 Å². The van der Waals surface area contributed by atoms with E-state index in [4.69, 9.17) is 16.3 Å². The molecule has 7 nitrogen and oxygen atoms in total. The number of carbonyl (C=O) groups is 1. The Morgan fingerprint density at radius 1 is 1.26 bits per heavy atom. The molecule has 0 aliphatic carbocycles. The first kappa shape index (κ1) is 23.1. The number of sulfonamides is 1. The summed E-state index contributed by atoms with van der Waals surface area (Å²) in [6.45, 7) is 4.18. The molecule has 0 saturated heterocycles. The minimum Gasteiger partial charge on any atom is -0.496 e. The first-order valence-electron chi connectivity index (χ1n) is 9.95. The van der Waals surface area contributed by atoms with Crippen LogP contribution in [0.5, 0.6) is 5.75 Å². The summed E-state index contributed by atoms with van der Waals surface area (Å²) in [5.74, 6) is 0.518. The number of hydrogen-bond donors (Lipinski definition) is 1. The quantitative estimate of drug-likeness (QED) is 0.681. The van der Waals surface area contributed by atoms with E-state index in [1.807, 2.05) is 13.8 Å². The number of methoxy groups -OCH3 is 1. The van der Waals surface area contributed by atoms with Crippen molar-refractivity contribution < 1.29 is 17.9 Å². The zero-order valence-corrected chi connectivity index (χ0v) is 19.5. The second-order valence-corrected chi connectivity index (χ2v) is 9.65. The van der Waals surface area contributed by atoms with Gasteiger partial charge in [-0.15, -0.1) is 0 Å². The van der Waals surface area contributed by atoms with Crippen molar-refractivity contribution in [2.45, 2.75) is 37.8 Å². The summed E-state index contributed by atoms with van der Waals surface area (Å²) in [5, 5.41) is 0.548. The Kier molecular flexibility index (Phi) is 6.91. The number of ether oxygens (including phenoxy) is 1. The van der Waals surface area contributed by atoms with E-state index in [2.05, 4.69) is 9.71 Å². The van der Waals surface area contributed by atoms with Crippen LogP contribution in [-0.4, -0.2) is 45.3 Å². The smallest absolute Gasteiger partial charge is 0.263 e. The highest BCUT2D eigenvalue weighted by atomic mass is 35.5. The molecule has 2 aromatic carbocycles. The molecule has 0 radical (unpaired) electrons. The van der Waals surface area contributed by atoms with Gasteiger partial charge >= 0.3 is 0 Å². The fraction of sp³-hybridized carbons (Fsp3) is 0.364. The van der Waals surface area contributed by atoms with Crippen molar-refractivity contribution in [2.75, 3.05) is 14.2 Å². The lowest BCUT2D eigenvalue weighted by molar-refractivity contribution is -0.132. The summed E-state index contributed by atoms with van der Waals surface area (Å²) in [7, 11) is -0.431. The molecule has 2 atom stereocenters. The SMILES string of the molecule is CC[C@H](C)[C@H](N=C1NS(=O)(=O)c2ccccc21)C(=O)N(C)Cc1cc(Cl)ccc1OC. The normalized spacial score (nSPS) is 17.5. The van der Waals surface area contributed by atoms with Crippen molar-refractivity contribution in [3.05, 3.63) is 58.6 Å². The van der Waals surface area contributed by atoms with Crippen molar-refractivity contribution in [1.82, 2.24) is 9.62 Å². The van der Waals surface area contributed by atoms with Crippen molar-refractivity contribution in [2.24, 2.45) is 10.9 Å². The molecule has 0 saturated carbocycles. The summed E-state index contributed by atoms with van der Waals surface area (Å²) in [4.78, 5) is 19.7. The molecule has 0 bridgehead atoms. The third kappa shape index (κ3) is 4.85. The lowest BCUT2D eigenvalue weighted by Gasteiger charge is -2.26. The van der Waals surface area contributed by atoms with E-state index >= 15 is 0 Å². The minimum absolute atomic E-state index is 0.0963. The van der Waals surface area contributed by atoms with Crippen LogP contribution in [0.15, 0.2) is 52.4 Å². The van der Waals surface area contributed by atoms with Crippen LogP contribution in [0.4, 0.5) is 0 Å². The molecule has 1 heterocycles. The number of likely N-dealkylation sites (N-methyl/N-ethyl adjacent to an activating group) is 1. The molecule has 1 aliphatic rings. The first-order chi connectivity index (χ1) is 14.7. The second-order valence-electron chi connectivity index (χ2n) is 7.56. The predicted octanol–water partition coefficient (Wildman–Crippen LogP) is 3.46. The van der Waals surface area contributed by atoms with Crippen molar-refractivity contribution >= 4 is 33.4 Å². The van der Waals surface area contributed by atoms with E-state index in [0.717, 1.165) is 5.56 Å². The Bertz CT molecular complexity index is 1120. The van der Waals surface area contributed by atoms with Crippen molar-refractivity contribution in [3.8, 4) is 5.75 Å². The lowest BCUT2D eigenvalue weighted by atomic mass is 9.98. The van der Waals surface area contributed by atoms with Crippen LogP contribution >= 0.6 is 11.6 Å². The number of hydrogen-bond acceptors (Lipinski definition) is 5. The molecule has 3 rings (SSSR count). The van der Waals surface area contributed by atoms with Gasteiger partial charge in [-0.3, -0.25) is 14.5 Å². The van der Waals surface area contributed by atoms with Gasteiger partial charge < -0.3 is 9.64 Å². The van der Waals surface area contributed by atoms with E-state index in [1.54, 1.807) is 55.5 Å². The fourth-order valence-corrected chi connectivity index (χ4v) is 4.88. The fourth-order valence-electron chi connectivity index (χ4n) is 3.45. The van der Waals surface area contributed by atoms with E-state index < -0.39 is 16.1 Å². The Labute approximate surface area is 188 Å². The maximum Gasteiger partial charge on any atom is 0.263 e. The third-order valence-electron chi connectivity index (χ3n) is 5.39. The van der Waals surface area contributed by atoms with Crippen LogP contribution in [0, 0.1) is 5.92 Å². The molecular formula is C22H26ClN3O4S. The maximum absolute atomic E-state index is 13.4. The standard InChI is InChI=1S/C22H26ClN3O4S/c1-5-14(2)20(24-21-17-8-6-7-9-19(17)31(28,29)25-21)22(27)26(3)13-15-12-16(23)10-11-18(15)30-4/h6-12,14,20H,5,13H2,1-4H3,(H,24,25)/t14-,20-/m0/s1. The number of benzene rings is 2. The number of aliphatic imine (C=N–C) groups is 1. The number of rotatable bonds is 7. The molecule has 0 fully saturated rings. The van der Waals surface area contributed by atoms with Gasteiger partial charge in [0.05, 0.1) is 12.0 Å². The number of carbonyl (C=O) groups excluding carboxylic acids is 1. The van der Waals surface area contributed by atoms with Crippen molar-refractivity contribution in [3.63, 3.8) is 0 Å². The number of nitrogens with one attached hydrogen (secondary N) is 1. The van der Waals surface area contributed by atoms with Gasteiger partial charge in [0.25, 0.3) is 10.0 Å². The average Bonchev–Trinajstić information content (AvgIpc) is 3.01. The molecule has 0 aromatic heterocycles. The highest BCUT2D eigenvalue weighted by Gasteiger charge is 2.34. The van der Waals surface area contributed by atoms with Crippen LogP contribution < -0.4 is 9.46 Å². The van der Waals surface area contributed by atoms with Gasteiger partial charge in [0, 0.05) is 29.7 Å². The Hall–Kier alpha value is -2.58. The topological polar surface area (TPSA) is 88.1 Å². The van der Waals surface area contributed by atoms with Crippen LogP contribution in [0.3, 0.4) is 0 Å². The number of amidine groups is 1. The first-order valence-corrected chi connectivity index (χ1v) is 11.8. The summed E-state index contributed by atoms with van der Waals surface area (Å²) in [6, 6.07) is 11.1. The summed E-state index contributed by atoms with van der Waals surface area (Å²) >= 11 is 6.11. The predicted molar refractivity (Wildman–Crippen MR) is 121 cm³/mol. The molecule has 1 N–H and O–H groups in total. The molecule has 166 valence electrons. The molecule has 9 heteroatoms. The zero-order valence-electron chi connectivity index (χ0n) is 17.9. The van der Waals surface area contributed by atoms with Gasteiger partial charge in [0.1, 0.15) is 17.6 Å². The molecule has 2 aromatic rings. The Morgan fingerprint density at radius 3 is 2.65 bits per heavy atom. The molecule has 1 aliphatic heterocycles. The van der Waals surface area contributed by atoms with Gasteiger partial charge in [-0.1, -0.05) is 44.0 Å². The Balaban J connectivity index is 1.93. The lowest BCUT2D eigenvalue weighted by Crippen LogP contribution is -2.40. The van der Waals surface area contributed by atoms with Crippen LogP contribution in [0.25, 0.3) is 0 Å². The molecule has 0 spiro atoms. The van der Waals surface area contributed by atoms with Gasteiger partial charge in [-0.2, -0.15) is 0 Å². The highest BCUT2D eigenvalue weighted by molar-refractivity contribution is 7.90. The highest BCUT2D eigenvalue weighted by Crippen LogP contribution is 2.26.